The molecular formula is C12H26N2O. The van der Waals surface area contributed by atoms with Crippen LogP contribution in [0.2, 0.25) is 0 Å². The Kier molecular flexibility index (Phi) is 11.1. The van der Waals surface area contributed by atoms with E-state index >= 15 is 0 Å². The van der Waals surface area contributed by atoms with Crippen LogP contribution in [0.25, 0.3) is 0 Å². The Morgan fingerprint density at radius 3 is 2.27 bits per heavy atom. The summed E-state index contributed by atoms with van der Waals surface area (Å²) in [5.41, 5.74) is 5.23. The number of hydrogen-bond acceptors (Lipinski definition) is 2. The molecule has 3 heteroatoms. The Balaban J connectivity index is 2.89. The second-order valence-electron chi connectivity index (χ2n) is 4.01. The van der Waals surface area contributed by atoms with Crippen LogP contribution in [0.5, 0.6) is 0 Å². The van der Waals surface area contributed by atoms with Gasteiger partial charge in [0.25, 0.3) is 0 Å². The van der Waals surface area contributed by atoms with Gasteiger partial charge in [0.2, 0.25) is 0 Å². The van der Waals surface area contributed by atoms with Crippen molar-refractivity contribution in [3.8, 4) is 0 Å². The monoisotopic (exact) mass is 214 g/mol. The van der Waals surface area contributed by atoms with Crippen molar-refractivity contribution in [2.75, 3.05) is 13.2 Å². The fourth-order valence-corrected chi connectivity index (χ4v) is 1.45. The molecule has 0 aliphatic carbocycles. The molecule has 0 saturated heterocycles. The van der Waals surface area contributed by atoms with Gasteiger partial charge in [-0.1, -0.05) is 39.0 Å². The molecule has 0 aliphatic rings. The maximum atomic E-state index is 7.03. The van der Waals surface area contributed by atoms with Gasteiger partial charge in [0.05, 0.1) is 5.84 Å². The molecule has 0 radical (unpaired) electrons. The fourth-order valence-electron chi connectivity index (χ4n) is 1.45. The first-order valence-corrected chi connectivity index (χ1v) is 6.18. The minimum absolute atomic E-state index is 0.262. The van der Waals surface area contributed by atoms with Gasteiger partial charge in [0, 0.05) is 19.6 Å². The van der Waals surface area contributed by atoms with Gasteiger partial charge in [0.15, 0.2) is 0 Å². The van der Waals surface area contributed by atoms with Crippen molar-refractivity contribution in [3.05, 3.63) is 0 Å². The Labute approximate surface area is 93.9 Å². The second kappa shape index (κ2) is 11.5. The summed E-state index contributed by atoms with van der Waals surface area (Å²) in [5, 5.41) is 7.03. The fraction of sp³-hybridized carbons (Fsp3) is 0.917. The molecule has 0 heterocycles. The van der Waals surface area contributed by atoms with Crippen molar-refractivity contribution in [1.82, 2.24) is 0 Å². The summed E-state index contributed by atoms with van der Waals surface area (Å²) in [6, 6.07) is 0. The molecule has 0 amide bonds. The molecule has 0 saturated carbocycles. The minimum Gasteiger partial charge on any atom is -0.388 e. The van der Waals surface area contributed by atoms with Gasteiger partial charge in [-0.2, -0.15) is 0 Å². The Morgan fingerprint density at radius 2 is 1.60 bits per heavy atom. The van der Waals surface area contributed by atoms with Crippen LogP contribution in [-0.4, -0.2) is 19.0 Å². The summed E-state index contributed by atoms with van der Waals surface area (Å²) >= 11 is 0. The normalized spacial score (nSPS) is 10.5. The summed E-state index contributed by atoms with van der Waals surface area (Å²) in [7, 11) is 0. The highest BCUT2D eigenvalue weighted by Crippen LogP contribution is 2.04. The Hall–Kier alpha value is -0.570. The lowest BCUT2D eigenvalue weighted by atomic mass is 10.1. The molecule has 15 heavy (non-hydrogen) atoms. The van der Waals surface area contributed by atoms with E-state index in [2.05, 4.69) is 6.92 Å². The maximum absolute atomic E-state index is 7.03. The van der Waals surface area contributed by atoms with Gasteiger partial charge in [-0.15, -0.1) is 0 Å². The van der Waals surface area contributed by atoms with Gasteiger partial charge in [-0.25, -0.2) is 0 Å². The van der Waals surface area contributed by atoms with Crippen molar-refractivity contribution >= 4 is 5.84 Å². The zero-order valence-electron chi connectivity index (χ0n) is 10.1. The number of nitrogens with two attached hydrogens (primary N) is 1. The van der Waals surface area contributed by atoms with E-state index in [4.69, 9.17) is 15.9 Å². The van der Waals surface area contributed by atoms with Crippen LogP contribution in [0.15, 0.2) is 0 Å². The molecule has 0 aromatic rings. The molecule has 0 atom stereocenters. The topological polar surface area (TPSA) is 59.1 Å². The van der Waals surface area contributed by atoms with E-state index in [1.54, 1.807) is 0 Å². The molecule has 0 rings (SSSR count). The van der Waals surface area contributed by atoms with Crippen LogP contribution in [0, 0.1) is 5.41 Å². The summed E-state index contributed by atoms with van der Waals surface area (Å²) < 4.78 is 5.44. The molecule has 0 aromatic heterocycles. The van der Waals surface area contributed by atoms with E-state index in [0.29, 0.717) is 6.42 Å². The summed E-state index contributed by atoms with van der Waals surface area (Å²) in [6.07, 6.45) is 9.37. The van der Waals surface area contributed by atoms with Gasteiger partial charge in [0.1, 0.15) is 0 Å². The van der Waals surface area contributed by atoms with E-state index in [1.165, 1.54) is 38.5 Å². The lowest BCUT2D eigenvalue weighted by Gasteiger charge is -2.03. The summed E-state index contributed by atoms with van der Waals surface area (Å²) in [6.45, 7) is 3.84. The number of amidine groups is 1. The SMILES string of the molecule is CCCCCCCCOCCCC(=N)N. The third-order valence-electron chi connectivity index (χ3n) is 2.38. The van der Waals surface area contributed by atoms with Crippen LogP contribution in [0.4, 0.5) is 0 Å². The third-order valence-corrected chi connectivity index (χ3v) is 2.38. The molecule has 0 aromatic carbocycles. The molecule has 3 nitrogen and oxygen atoms in total. The van der Waals surface area contributed by atoms with Gasteiger partial charge < -0.3 is 10.5 Å². The summed E-state index contributed by atoms with van der Waals surface area (Å²) in [4.78, 5) is 0. The predicted molar refractivity (Wildman–Crippen MR) is 65.3 cm³/mol. The Bertz CT molecular complexity index is 149. The number of unbranched alkanes of at least 4 members (excludes halogenated alkanes) is 5. The molecule has 0 spiro atoms. The molecule has 0 aliphatic heterocycles. The number of hydrogen-bond donors (Lipinski definition) is 2. The van der Waals surface area contributed by atoms with E-state index in [9.17, 15) is 0 Å². The first kappa shape index (κ1) is 14.4. The highest BCUT2D eigenvalue weighted by molar-refractivity contribution is 5.76. The molecule has 3 N–H and O–H groups in total. The minimum atomic E-state index is 0.262. The summed E-state index contributed by atoms with van der Waals surface area (Å²) in [5.74, 6) is 0.262. The molecular weight excluding hydrogens is 188 g/mol. The quantitative estimate of drug-likeness (QED) is 0.315. The largest absolute Gasteiger partial charge is 0.388 e. The van der Waals surface area contributed by atoms with E-state index in [-0.39, 0.29) is 5.84 Å². The highest BCUT2D eigenvalue weighted by atomic mass is 16.5. The van der Waals surface area contributed by atoms with Gasteiger partial charge >= 0.3 is 0 Å². The maximum Gasteiger partial charge on any atom is 0.0906 e. The van der Waals surface area contributed by atoms with Crippen molar-refractivity contribution in [2.24, 2.45) is 5.73 Å². The lowest BCUT2D eigenvalue weighted by Crippen LogP contribution is -2.10. The first-order valence-electron chi connectivity index (χ1n) is 6.18. The lowest BCUT2D eigenvalue weighted by molar-refractivity contribution is 0.128. The third kappa shape index (κ3) is 13.4. The average molecular weight is 214 g/mol. The highest BCUT2D eigenvalue weighted by Gasteiger charge is 1.93. The van der Waals surface area contributed by atoms with Crippen LogP contribution in [0.1, 0.15) is 58.3 Å². The van der Waals surface area contributed by atoms with E-state index in [1.807, 2.05) is 0 Å². The van der Waals surface area contributed by atoms with Crippen molar-refractivity contribution in [3.63, 3.8) is 0 Å². The number of nitrogens with one attached hydrogen (secondary N) is 1. The number of rotatable bonds is 11. The molecule has 0 bridgehead atoms. The Morgan fingerprint density at radius 1 is 1.00 bits per heavy atom. The predicted octanol–water partition coefficient (Wildman–Crippen LogP) is 3.08. The van der Waals surface area contributed by atoms with Crippen LogP contribution < -0.4 is 5.73 Å². The van der Waals surface area contributed by atoms with Crippen molar-refractivity contribution in [1.29, 1.82) is 5.41 Å². The molecule has 0 fully saturated rings. The van der Waals surface area contributed by atoms with E-state index in [0.717, 1.165) is 19.6 Å². The molecule has 0 unspecified atom stereocenters. The standard InChI is InChI=1S/C12H26N2O/c1-2-3-4-5-6-7-10-15-11-8-9-12(13)14/h2-11H2,1H3,(H3,13,14). The molecule has 90 valence electrons. The van der Waals surface area contributed by atoms with Crippen LogP contribution in [0.3, 0.4) is 0 Å². The van der Waals surface area contributed by atoms with Crippen LogP contribution >= 0.6 is 0 Å². The van der Waals surface area contributed by atoms with Crippen LogP contribution in [-0.2, 0) is 4.74 Å². The van der Waals surface area contributed by atoms with Gasteiger partial charge in [-0.05, 0) is 12.8 Å². The second-order valence-corrected chi connectivity index (χ2v) is 4.01. The van der Waals surface area contributed by atoms with E-state index < -0.39 is 0 Å². The average Bonchev–Trinajstić information content (AvgIpc) is 2.20. The van der Waals surface area contributed by atoms with Gasteiger partial charge in [-0.3, -0.25) is 5.41 Å². The van der Waals surface area contributed by atoms with Crippen molar-refractivity contribution < 1.29 is 4.74 Å². The smallest absolute Gasteiger partial charge is 0.0906 e. The zero-order valence-corrected chi connectivity index (χ0v) is 10.1. The zero-order chi connectivity index (χ0) is 11.4. The van der Waals surface area contributed by atoms with Crippen molar-refractivity contribution in [2.45, 2.75) is 58.3 Å². The first-order chi connectivity index (χ1) is 7.27. The number of ether oxygens (including phenoxy) is 1.